The molecule has 0 bridgehead atoms. The molecule has 0 aliphatic carbocycles. The summed E-state index contributed by atoms with van der Waals surface area (Å²) >= 11 is 6.11. The molecule has 3 nitrogen and oxygen atoms in total. The van der Waals surface area contributed by atoms with Crippen LogP contribution in [-0.2, 0) is 0 Å². The maximum Gasteiger partial charge on any atom is 0.255 e. The Morgan fingerprint density at radius 3 is 2.84 bits per heavy atom. The highest BCUT2D eigenvalue weighted by Crippen LogP contribution is 2.33. The zero-order valence-electron chi connectivity index (χ0n) is 10.5. The molecule has 1 aliphatic heterocycles. The van der Waals surface area contributed by atoms with Crippen LogP contribution in [0.3, 0.4) is 0 Å². The quantitative estimate of drug-likeness (QED) is 0.892. The lowest BCUT2D eigenvalue weighted by Gasteiger charge is -2.24. The van der Waals surface area contributed by atoms with E-state index in [1.54, 1.807) is 12.1 Å². The Kier molecular flexibility index (Phi) is 3.30. The molecule has 1 N–H and O–H groups in total. The van der Waals surface area contributed by atoms with E-state index in [0.717, 1.165) is 25.1 Å². The van der Waals surface area contributed by atoms with E-state index in [0.29, 0.717) is 10.6 Å². The molecule has 1 aromatic carbocycles. The van der Waals surface area contributed by atoms with Gasteiger partial charge in [-0.3, -0.25) is 4.79 Å². The van der Waals surface area contributed by atoms with Crippen LogP contribution in [0.5, 0.6) is 0 Å². The first-order valence-electron chi connectivity index (χ1n) is 6.46. The molecule has 19 heavy (non-hydrogen) atoms. The number of nitrogens with zero attached hydrogens (tertiary/aromatic N) is 1. The minimum absolute atomic E-state index is 0.0164. The number of rotatable bonds is 2. The van der Waals surface area contributed by atoms with Crippen LogP contribution in [0.25, 0.3) is 0 Å². The van der Waals surface area contributed by atoms with Crippen LogP contribution in [0.1, 0.15) is 34.9 Å². The van der Waals surface area contributed by atoms with E-state index in [9.17, 15) is 4.79 Å². The predicted octanol–water partition coefficient (Wildman–Crippen LogP) is 3.65. The van der Waals surface area contributed by atoms with Gasteiger partial charge < -0.3 is 9.88 Å². The van der Waals surface area contributed by atoms with Crippen LogP contribution in [0.4, 0.5) is 0 Å². The van der Waals surface area contributed by atoms with Crippen molar-refractivity contribution in [2.75, 3.05) is 6.54 Å². The molecule has 1 atom stereocenters. The number of aromatic amines is 1. The number of halogens is 1. The van der Waals surface area contributed by atoms with E-state index < -0.39 is 0 Å². The molecule has 4 heteroatoms. The largest absolute Gasteiger partial charge is 0.363 e. The molecule has 0 radical (unpaired) electrons. The second-order valence-electron chi connectivity index (χ2n) is 4.76. The van der Waals surface area contributed by atoms with E-state index in [-0.39, 0.29) is 11.9 Å². The van der Waals surface area contributed by atoms with Crippen molar-refractivity contribution in [3.05, 3.63) is 58.9 Å². The number of carbonyl (C=O) groups excluding carboxylic acids is 1. The summed E-state index contributed by atoms with van der Waals surface area (Å²) in [5, 5.41) is 0.518. The molecule has 98 valence electrons. The number of benzene rings is 1. The monoisotopic (exact) mass is 274 g/mol. The standard InChI is InChI=1S/C15H15ClN2O/c16-12-6-2-1-5-11(12)15(19)18-10-4-8-14(18)13-7-3-9-17-13/h1-3,5-7,9,14,17H,4,8,10H2. The molecule has 3 rings (SSSR count). The van der Waals surface area contributed by atoms with E-state index in [2.05, 4.69) is 4.98 Å². The minimum Gasteiger partial charge on any atom is -0.363 e. The van der Waals surface area contributed by atoms with Crippen molar-refractivity contribution in [2.24, 2.45) is 0 Å². The van der Waals surface area contributed by atoms with Crippen LogP contribution < -0.4 is 0 Å². The van der Waals surface area contributed by atoms with Gasteiger partial charge in [-0.2, -0.15) is 0 Å². The molecule has 2 aromatic rings. The highest BCUT2D eigenvalue weighted by molar-refractivity contribution is 6.33. The first kappa shape index (κ1) is 12.3. The van der Waals surface area contributed by atoms with Crippen LogP contribution in [0.15, 0.2) is 42.6 Å². The van der Waals surface area contributed by atoms with Crippen LogP contribution >= 0.6 is 11.6 Å². The van der Waals surface area contributed by atoms with Crippen LogP contribution in [0.2, 0.25) is 5.02 Å². The van der Waals surface area contributed by atoms with Crippen molar-refractivity contribution in [2.45, 2.75) is 18.9 Å². The number of aromatic nitrogens is 1. The minimum atomic E-state index is 0.0164. The lowest BCUT2D eigenvalue weighted by molar-refractivity contribution is 0.0733. The molecular weight excluding hydrogens is 260 g/mol. The molecule has 1 unspecified atom stereocenters. The van der Waals surface area contributed by atoms with Gasteiger partial charge in [0.15, 0.2) is 0 Å². The molecule has 1 aromatic heterocycles. The summed E-state index contributed by atoms with van der Waals surface area (Å²) < 4.78 is 0. The van der Waals surface area contributed by atoms with Crippen molar-refractivity contribution >= 4 is 17.5 Å². The van der Waals surface area contributed by atoms with E-state index in [4.69, 9.17) is 11.6 Å². The Labute approximate surface area is 117 Å². The molecule has 1 amide bonds. The van der Waals surface area contributed by atoms with Crippen molar-refractivity contribution in [3.63, 3.8) is 0 Å². The third kappa shape index (κ3) is 2.26. The normalized spacial score (nSPS) is 18.8. The van der Waals surface area contributed by atoms with Gasteiger partial charge in [-0.15, -0.1) is 0 Å². The second kappa shape index (κ2) is 5.10. The van der Waals surface area contributed by atoms with E-state index in [1.807, 2.05) is 35.4 Å². The number of hydrogen-bond donors (Lipinski definition) is 1. The summed E-state index contributed by atoms with van der Waals surface area (Å²) in [5.74, 6) is 0.0164. The molecule has 1 aliphatic rings. The Balaban J connectivity index is 1.89. The first-order chi connectivity index (χ1) is 9.27. The molecule has 0 spiro atoms. The Morgan fingerprint density at radius 2 is 2.11 bits per heavy atom. The number of hydrogen-bond acceptors (Lipinski definition) is 1. The topological polar surface area (TPSA) is 36.1 Å². The highest BCUT2D eigenvalue weighted by atomic mass is 35.5. The fourth-order valence-corrected chi connectivity index (χ4v) is 2.89. The summed E-state index contributed by atoms with van der Waals surface area (Å²) in [7, 11) is 0. The summed E-state index contributed by atoms with van der Waals surface area (Å²) in [6.45, 7) is 0.785. The van der Waals surface area contributed by atoms with Crippen molar-refractivity contribution in [3.8, 4) is 0 Å². The van der Waals surface area contributed by atoms with Gasteiger partial charge in [0.2, 0.25) is 0 Å². The maximum atomic E-state index is 12.6. The molecule has 2 heterocycles. The summed E-state index contributed by atoms with van der Waals surface area (Å²) in [6.07, 6.45) is 3.92. The molecule has 1 saturated heterocycles. The SMILES string of the molecule is O=C(c1ccccc1Cl)N1CCCC1c1ccc[nH]1. The highest BCUT2D eigenvalue weighted by Gasteiger charge is 2.31. The Hall–Kier alpha value is -1.74. The third-order valence-electron chi connectivity index (χ3n) is 3.60. The summed E-state index contributed by atoms with van der Waals surface area (Å²) in [5.41, 5.74) is 1.68. The van der Waals surface area contributed by atoms with E-state index >= 15 is 0 Å². The average molecular weight is 275 g/mol. The first-order valence-corrected chi connectivity index (χ1v) is 6.84. The van der Waals surface area contributed by atoms with Gasteiger partial charge in [-0.05, 0) is 37.1 Å². The van der Waals surface area contributed by atoms with Crippen LogP contribution in [-0.4, -0.2) is 22.3 Å². The third-order valence-corrected chi connectivity index (χ3v) is 3.93. The number of likely N-dealkylation sites (tertiary alicyclic amines) is 1. The smallest absolute Gasteiger partial charge is 0.255 e. The van der Waals surface area contributed by atoms with Gasteiger partial charge in [-0.1, -0.05) is 23.7 Å². The molecular formula is C15H15ClN2O. The Morgan fingerprint density at radius 1 is 1.26 bits per heavy atom. The second-order valence-corrected chi connectivity index (χ2v) is 5.17. The lowest BCUT2D eigenvalue weighted by Crippen LogP contribution is -2.30. The summed E-state index contributed by atoms with van der Waals surface area (Å²) in [6, 6.07) is 11.4. The van der Waals surface area contributed by atoms with Gasteiger partial charge in [-0.25, -0.2) is 0 Å². The number of carbonyl (C=O) groups is 1. The van der Waals surface area contributed by atoms with Gasteiger partial charge in [0, 0.05) is 18.4 Å². The zero-order valence-corrected chi connectivity index (χ0v) is 11.2. The summed E-state index contributed by atoms with van der Waals surface area (Å²) in [4.78, 5) is 17.7. The number of amides is 1. The molecule has 1 fully saturated rings. The van der Waals surface area contributed by atoms with Crippen molar-refractivity contribution < 1.29 is 4.79 Å². The number of H-pyrrole nitrogens is 1. The lowest BCUT2D eigenvalue weighted by atomic mass is 10.1. The van der Waals surface area contributed by atoms with E-state index in [1.165, 1.54) is 0 Å². The molecule has 0 saturated carbocycles. The zero-order chi connectivity index (χ0) is 13.2. The van der Waals surface area contributed by atoms with Crippen molar-refractivity contribution in [1.29, 1.82) is 0 Å². The van der Waals surface area contributed by atoms with Gasteiger partial charge in [0.1, 0.15) is 0 Å². The Bertz CT molecular complexity index is 580. The number of nitrogens with one attached hydrogen (secondary N) is 1. The van der Waals surface area contributed by atoms with Gasteiger partial charge in [0.05, 0.1) is 16.6 Å². The van der Waals surface area contributed by atoms with Gasteiger partial charge in [0.25, 0.3) is 5.91 Å². The fraction of sp³-hybridized carbons (Fsp3) is 0.267. The van der Waals surface area contributed by atoms with Crippen LogP contribution in [0, 0.1) is 0 Å². The predicted molar refractivity (Wildman–Crippen MR) is 75.3 cm³/mol. The van der Waals surface area contributed by atoms with Gasteiger partial charge >= 0.3 is 0 Å². The average Bonchev–Trinajstić information content (AvgIpc) is 3.09. The van der Waals surface area contributed by atoms with Crippen molar-refractivity contribution in [1.82, 2.24) is 9.88 Å². The maximum absolute atomic E-state index is 12.6. The fourth-order valence-electron chi connectivity index (χ4n) is 2.67.